The maximum absolute atomic E-state index is 12.9. The number of hydrogen-bond donors (Lipinski definition) is 1. The Hall–Kier alpha value is -3.15. The Bertz CT molecular complexity index is 1150. The van der Waals surface area contributed by atoms with Gasteiger partial charge in [0.05, 0.1) is 18.2 Å². The van der Waals surface area contributed by atoms with Gasteiger partial charge in [-0.05, 0) is 34.5 Å². The Morgan fingerprint density at radius 2 is 1.73 bits per heavy atom. The van der Waals surface area contributed by atoms with Gasteiger partial charge in [-0.15, -0.1) is 0 Å². The molecule has 1 amide bonds. The second kappa shape index (κ2) is 8.30. The minimum atomic E-state index is -0.719. The van der Waals surface area contributed by atoms with Crippen molar-refractivity contribution in [2.75, 3.05) is 20.3 Å². The smallest absolute Gasteiger partial charge is 0.295 e. The van der Waals surface area contributed by atoms with Crippen LogP contribution in [0, 0.1) is 0 Å². The summed E-state index contributed by atoms with van der Waals surface area (Å²) in [7, 11) is 1.53. The molecule has 1 aliphatic heterocycles. The molecule has 0 spiro atoms. The summed E-state index contributed by atoms with van der Waals surface area (Å²) in [5.74, 6) is -1.56. The van der Waals surface area contributed by atoms with Crippen molar-refractivity contribution in [3.63, 3.8) is 0 Å². The number of Topliss-reactive ketones (excluding diaryl/α,β-unsaturated/α-hetero) is 1. The Labute approximate surface area is 179 Å². The minimum absolute atomic E-state index is 0.0636. The minimum Gasteiger partial charge on any atom is -0.507 e. The van der Waals surface area contributed by atoms with Crippen LogP contribution in [0.5, 0.6) is 0 Å². The fourth-order valence-electron chi connectivity index (χ4n) is 3.78. The molecular formula is C24H20ClNO4. The molecule has 0 aliphatic carbocycles. The van der Waals surface area contributed by atoms with Gasteiger partial charge in [-0.25, -0.2) is 0 Å². The number of aliphatic hydroxyl groups is 1. The van der Waals surface area contributed by atoms with Crippen LogP contribution < -0.4 is 0 Å². The molecule has 4 rings (SSSR count). The number of methoxy groups -OCH3 is 1. The van der Waals surface area contributed by atoms with E-state index in [1.165, 1.54) is 12.0 Å². The summed E-state index contributed by atoms with van der Waals surface area (Å²) in [6.45, 7) is 0.496. The van der Waals surface area contributed by atoms with Gasteiger partial charge in [0.1, 0.15) is 5.76 Å². The summed E-state index contributed by atoms with van der Waals surface area (Å²) in [5.41, 5.74) is 1.24. The lowest BCUT2D eigenvalue weighted by Gasteiger charge is -2.25. The van der Waals surface area contributed by atoms with Gasteiger partial charge in [0, 0.05) is 24.2 Å². The maximum Gasteiger partial charge on any atom is 0.295 e. The van der Waals surface area contributed by atoms with Gasteiger partial charge < -0.3 is 14.7 Å². The summed E-state index contributed by atoms with van der Waals surface area (Å²) >= 11 is 6.02. The number of aliphatic hydroxyl groups excluding tert-OH is 1. The number of fused-ring (bicyclic) bond motifs is 1. The van der Waals surface area contributed by atoms with Gasteiger partial charge in [0.25, 0.3) is 11.7 Å². The quantitative estimate of drug-likeness (QED) is 0.372. The molecule has 30 heavy (non-hydrogen) atoms. The number of carbonyl (C=O) groups excluding carboxylic acids is 2. The fourth-order valence-corrected chi connectivity index (χ4v) is 3.91. The van der Waals surface area contributed by atoms with Gasteiger partial charge in [0.15, 0.2) is 0 Å². The van der Waals surface area contributed by atoms with Gasteiger partial charge >= 0.3 is 0 Å². The van der Waals surface area contributed by atoms with Crippen molar-refractivity contribution in [1.82, 2.24) is 4.90 Å². The predicted octanol–water partition coefficient (Wildman–Crippen LogP) is 4.56. The highest BCUT2D eigenvalue weighted by atomic mass is 35.5. The second-order valence-corrected chi connectivity index (χ2v) is 7.54. The first kappa shape index (κ1) is 20.1. The molecule has 1 heterocycles. The average molecular weight is 422 g/mol. The number of rotatable bonds is 5. The zero-order chi connectivity index (χ0) is 21.3. The highest BCUT2D eigenvalue weighted by Gasteiger charge is 2.45. The zero-order valence-corrected chi connectivity index (χ0v) is 17.1. The normalized spacial score (nSPS) is 18.3. The first-order valence-corrected chi connectivity index (χ1v) is 9.91. The van der Waals surface area contributed by atoms with Crippen LogP contribution >= 0.6 is 11.6 Å². The number of nitrogens with zero attached hydrogens (tertiary/aromatic N) is 1. The number of halogens is 1. The van der Waals surface area contributed by atoms with E-state index in [2.05, 4.69) is 0 Å². The summed E-state index contributed by atoms with van der Waals surface area (Å²) in [6, 6.07) is 19.4. The van der Waals surface area contributed by atoms with Crippen LogP contribution in [0.1, 0.15) is 17.2 Å². The van der Waals surface area contributed by atoms with E-state index in [9.17, 15) is 14.7 Å². The molecule has 0 bridgehead atoms. The summed E-state index contributed by atoms with van der Waals surface area (Å²) in [4.78, 5) is 27.1. The average Bonchev–Trinajstić information content (AvgIpc) is 3.02. The largest absolute Gasteiger partial charge is 0.507 e. The molecule has 5 nitrogen and oxygen atoms in total. The first-order valence-electron chi connectivity index (χ1n) is 9.53. The lowest BCUT2D eigenvalue weighted by Crippen LogP contribution is -2.32. The third kappa shape index (κ3) is 3.58. The lowest BCUT2D eigenvalue weighted by molar-refractivity contribution is -0.140. The van der Waals surface area contributed by atoms with E-state index in [1.54, 1.807) is 30.3 Å². The van der Waals surface area contributed by atoms with Crippen LogP contribution in [0.3, 0.4) is 0 Å². The van der Waals surface area contributed by atoms with E-state index in [0.717, 1.165) is 10.8 Å². The molecule has 1 fully saturated rings. The van der Waals surface area contributed by atoms with Crippen molar-refractivity contribution < 1.29 is 19.4 Å². The van der Waals surface area contributed by atoms with Crippen molar-refractivity contribution in [2.45, 2.75) is 6.04 Å². The third-order valence-corrected chi connectivity index (χ3v) is 5.54. The summed E-state index contributed by atoms with van der Waals surface area (Å²) in [6.07, 6.45) is 0. The van der Waals surface area contributed by atoms with Crippen LogP contribution in [0.2, 0.25) is 5.02 Å². The molecule has 3 aromatic carbocycles. The molecule has 1 aliphatic rings. The molecule has 0 radical (unpaired) electrons. The Kier molecular flexibility index (Phi) is 5.57. The van der Waals surface area contributed by atoms with Crippen LogP contribution in [0.15, 0.2) is 72.3 Å². The zero-order valence-electron chi connectivity index (χ0n) is 16.3. The molecule has 6 heteroatoms. The van der Waals surface area contributed by atoms with E-state index in [4.69, 9.17) is 16.3 Å². The lowest BCUT2D eigenvalue weighted by atomic mass is 9.94. The number of benzene rings is 3. The van der Waals surface area contributed by atoms with Crippen LogP contribution in [0.25, 0.3) is 16.5 Å². The Morgan fingerprint density at radius 3 is 2.43 bits per heavy atom. The summed E-state index contributed by atoms with van der Waals surface area (Å²) in [5, 5.41) is 13.6. The highest BCUT2D eigenvalue weighted by molar-refractivity contribution is 6.46. The van der Waals surface area contributed by atoms with Crippen molar-refractivity contribution in [2.24, 2.45) is 0 Å². The Balaban J connectivity index is 1.87. The van der Waals surface area contributed by atoms with E-state index in [1.807, 2.05) is 36.4 Å². The van der Waals surface area contributed by atoms with E-state index in [-0.39, 0.29) is 24.5 Å². The molecule has 1 atom stereocenters. The monoisotopic (exact) mass is 421 g/mol. The number of likely N-dealkylation sites (tertiary alicyclic amines) is 1. The van der Waals surface area contributed by atoms with Gasteiger partial charge in [-0.1, -0.05) is 60.1 Å². The molecule has 0 saturated carbocycles. The van der Waals surface area contributed by atoms with Crippen molar-refractivity contribution in [1.29, 1.82) is 0 Å². The van der Waals surface area contributed by atoms with E-state index in [0.29, 0.717) is 16.1 Å². The van der Waals surface area contributed by atoms with E-state index < -0.39 is 17.7 Å². The third-order valence-electron chi connectivity index (χ3n) is 5.28. The summed E-state index contributed by atoms with van der Waals surface area (Å²) < 4.78 is 5.11. The van der Waals surface area contributed by atoms with Crippen LogP contribution in [0.4, 0.5) is 0 Å². The molecule has 1 unspecified atom stereocenters. The number of carbonyl (C=O) groups is 2. The maximum atomic E-state index is 12.9. The number of ketones is 1. The predicted molar refractivity (Wildman–Crippen MR) is 116 cm³/mol. The van der Waals surface area contributed by atoms with Gasteiger partial charge in [-0.2, -0.15) is 0 Å². The second-order valence-electron chi connectivity index (χ2n) is 7.10. The number of ether oxygens (including phenoxy) is 1. The molecule has 3 aromatic rings. The Morgan fingerprint density at radius 1 is 1.03 bits per heavy atom. The topological polar surface area (TPSA) is 66.8 Å². The standard InChI is InChI=1S/C24H20ClNO4/c1-30-13-12-26-21(16-8-10-19(25)11-9-16)20(23(28)24(26)29)22(27)18-7-6-15-4-2-3-5-17(15)14-18/h2-11,14,21,27H,12-13H2,1H3/b22-20-. The highest BCUT2D eigenvalue weighted by Crippen LogP contribution is 2.39. The van der Waals surface area contributed by atoms with Crippen molar-refractivity contribution in [3.8, 4) is 0 Å². The van der Waals surface area contributed by atoms with Gasteiger partial charge in [-0.3, -0.25) is 9.59 Å². The molecule has 1 saturated heterocycles. The fraction of sp³-hybridized carbons (Fsp3) is 0.167. The van der Waals surface area contributed by atoms with Crippen molar-refractivity contribution >= 4 is 39.8 Å². The first-order chi connectivity index (χ1) is 14.5. The van der Waals surface area contributed by atoms with Gasteiger partial charge in [0.2, 0.25) is 0 Å². The molecule has 0 aromatic heterocycles. The van der Waals surface area contributed by atoms with Crippen molar-refractivity contribution in [3.05, 3.63) is 88.5 Å². The van der Waals surface area contributed by atoms with E-state index >= 15 is 0 Å². The number of hydrogen-bond acceptors (Lipinski definition) is 4. The molecule has 1 N–H and O–H groups in total. The number of amides is 1. The van der Waals surface area contributed by atoms with Crippen LogP contribution in [-0.2, 0) is 14.3 Å². The molecular weight excluding hydrogens is 402 g/mol. The SMILES string of the molecule is COCCN1C(=O)C(=O)/C(=C(\O)c2ccc3ccccc3c2)C1c1ccc(Cl)cc1. The van der Waals surface area contributed by atoms with Crippen LogP contribution in [-0.4, -0.2) is 42.0 Å². The molecule has 152 valence electrons.